The molecule has 0 bridgehead atoms. The molecule has 0 saturated heterocycles. The summed E-state index contributed by atoms with van der Waals surface area (Å²) in [6.45, 7) is 0. The average Bonchev–Trinajstić information content (AvgIpc) is 2.40. The summed E-state index contributed by atoms with van der Waals surface area (Å²) in [5.41, 5.74) is 1.16. The normalized spacial score (nSPS) is 16.8. The molecule has 0 unspecified atom stereocenters. The van der Waals surface area contributed by atoms with E-state index in [1.165, 1.54) is 32.1 Å². The molecule has 17 heavy (non-hydrogen) atoms. The first-order valence-corrected chi connectivity index (χ1v) is 7.35. The fraction of sp³-hybridized carbons (Fsp3) is 0.571. The molecule has 94 valence electrons. The second kappa shape index (κ2) is 6.29. The minimum Gasteiger partial charge on any atom is -0.497 e. The lowest BCUT2D eigenvalue weighted by Crippen LogP contribution is -2.20. The summed E-state index contributed by atoms with van der Waals surface area (Å²) >= 11 is 3.50. The van der Waals surface area contributed by atoms with Crippen LogP contribution in [0.25, 0.3) is 0 Å². The average molecular weight is 299 g/mol. The topological polar surface area (TPSA) is 18.5 Å². The molecule has 1 aliphatic rings. The Morgan fingerprint density at radius 2 is 2.00 bits per heavy atom. The number of ether oxygens (including phenoxy) is 2. The lowest BCUT2D eigenvalue weighted by Gasteiger charge is -2.24. The SMILES string of the molecule is COc1ccc(OC2CCCCC2)c(CBr)c1. The third kappa shape index (κ3) is 3.38. The van der Waals surface area contributed by atoms with E-state index in [1.807, 2.05) is 18.2 Å². The van der Waals surface area contributed by atoms with Crippen molar-refractivity contribution in [2.75, 3.05) is 7.11 Å². The van der Waals surface area contributed by atoms with Crippen LogP contribution in [-0.2, 0) is 5.33 Å². The van der Waals surface area contributed by atoms with Crippen LogP contribution in [0.3, 0.4) is 0 Å². The molecule has 1 aromatic rings. The van der Waals surface area contributed by atoms with Crippen molar-refractivity contribution in [3.05, 3.63) is 23.8 Å². The molecule has 1 aliphatic carbocycles. The number of rotatable bonds is 4. The van der Waals surface area contributed by atoms with E-state index in [9.17, 15) is 0 Å². The van der Waals surface area contributed by atoms with Crippen LogP contribution in [0.1, 0.15) is 37.7 Å². The van der Waals surface area contributed by atoms with Gasteiger partial charge >= 0.3 is 0 Å². The van der Waals surface area contributed by atoms with E-state index in [2.05, 4.69) is 15.9 Å². The minimum atomic E-state index is 0.398. The van der Waals surface area contributed by atoms with Gasteiger partial charge in [-0.15, -0.1) is 0 Å². The fourth-order valence-corrected chi connectivity index (χ4v) is 2.70. The van der Waals surface area contributed by atoms with E-state index in [4.69, 9.17) is 9.47 Å². The van der Waals surface area contributed by atoms with Gasteiger partial charge in [0.05, 0.1) is 13.2 Å². The molecular formula is C14H19BrO2. The molecular weight excluding hydrogens is 280 g/mol. The van der Waals surface area contributed by atoms with Crippen LogP contribution in [0.4, 0.5) is 0 Å². The van der Waals surface area contributed by atoms with Crippen molar-refractivity contribution in [3.63, 3.8) is 0 Å². The van der Waals surface area contributed by atoms with Gasteiger partial charge in [-0.2, -0.15) is 0 Å². The van der Waals surface area contributed by atoms with Crippen molar-refractivity contribution < 1.29 is 9.47 Å². The third-order valence-electron chi connectivity index (χ3n) is 3.26. The summed E-state index contributed by atoms with van der Waals surface area (Å²) in [5, 5.41) is 0.798. The molecule has 1 aromatic carbocycles. The maximum absolute atomic E-state index is 6.09. The largest absolute Gasteiger partial charge is 0.497 e. The lowest BCUT2D eigenvalue weighted by molar-refractivity contribution is 0.154. The third-order valence-corrected chi connectivity index (χ3v) is 3.86. The van der Waals surface area contributed by atoms with Gasteiger partial charge in [0.2, 0.25) is 0 Å². The first-order valence-electron chi connectivity index (χ1n) is 6.23. The van der Waals surface area contributed by atoms with Gasteiger partial charge < -0.3 is 9.47 Å². The zero-order valence-corrected chi connectivity index (χ0v) is 11.8. The molecule has 2 rings (SSSR count). The smallest absolute Gasteiger partial charge is 0.124 e. The first-order chi connectivity index (χ1) is 8.33. The Labute approximate surface area is 111 Å². The van der Waals surface area contributed by atoms with E-state index in [1.54, 1.807) is 7.11 Å². The van der Waals surface area contributed by atoms with Crippen LogP contribution >= 0.6 is 15.9 Å². The van der Waals surface area contributed by atoms with Gasteiger partial charge in [-0.05, 0) is 43.9 Å². The summed E-state index contributed by atoms with van der Waals surface area (Å²) in [6, 6.07) is 6.02. The van der Waals surface area contributed by atoms with E-state index in [0.29, 0.717) is 6.10 Å². The van der Waals surface area contributed by atoms with Gasteiger partial charge in [0.1, 0.15) is 11.5 Å². The standard InChI is InChI=1S/C14H19BrO2/c1-16-13-7-8-14(11(9-13)10-15)17-12-5-3-2-4-6-12/h7-9,12H,2-6,10H2,1H3. The van der Waals surface area contributed by atoms with Crippen molar-refractivity contribution >= 4 is 15.9 Å². The zero-order valence-electron chi connectivity index (χ0n) is 10.2. The highest BCUT2D eigenvalue weighted by Crippen LogP contribution is 2.30. The molecule has 0 N–H and O–H groups in total. The minimum absolute atomic E-state index is 0.398. The Kier molecular flexibility index (Phi) is 4.72. The van der Waals surface area contributed by atoms with Gasteiger partial charge in [-0.25, -0.2) is 0 Å². The molecule has 0 spiro atoms. The van der Waals surface area contributed by atoms with Crippen LogP contribution in [-0.4, -0.2) is 13.2 Å². The van der Waals surface area contributed by atoms with Gasteiger partial charge in [0.15, 0.2) is 0 Å². The van der Waals surface area contributed by atoms with Crippen molar-refractivity contribution in [2.24, 2.45) is 0 Å². The summed E-state index contributed by atoms with van der Waals surface area (Å²) in [7, 11) is 1.69. The van der Waals surface area contributed by atoms with Gasteiger partial charge in [0, 0.05) is 10.9 Å². The van der Waals surface area contributed by atoms with E-state index < -0.39 is 0 Å². The van der Waals surface area contributed by atoms with Gasteiger partial charge in [-0.3, -0.25) is 0 Å². The summed E-state index contributed by atoms with van der Waals surface area (Å²) in [5.74, 6) is 1.88. The maximum Gasteiger partial charge on any atom is 0.124 e. The molecule has 1 saturated carbocycles. The number of methoxy groups -OCH3 is 1. The fourth-order valence-electron chi connectivity index (χ4n) is 2.26. The number of hydrogen-bond donors (Lipinski definition) is 0. The quantitative estimate of drug-likeness (QED) is 0.772. The van der Waals surface area contributed by atoms with Crippen molar-refractivity contribution in [1.29, 1.82) is 0 Å². The number of alkyl halides is 1. The highest BCUT2D eigenvalue weighted by atomic mass is 79.9. The molecule has 0 radical (unpaired) electrons. The second-order valence-corrected chi connectivity index (χ2v) is 5.05. The van der Waals surface area contributed by atoms with Gasteiger partial charge in [0.25, 0.3) is 0 Å². The van der Waals surface area contributed by atoms with Crippen LogP contribution in [0.5, 0.6) is 11.5 Å². The van der Waals surface area contributed by atoms with E-state index in [0.717, 1.165) is 22.4 Å². The summed E-state index contributed by atoms with van der Waals surface area (Å²) in [4.78, 5) is 0. The van der Waals surface area contributed by atoms with Crippen LogP contribution in [0.2, 0.25) is 0 Å². The molecule has 2 nitrogen and oxygen atoms in total. The maximum atomic E-state index is 6.09. The molecule has 0 atom stereocenters. The monoisotopic (exact) mass is 298 g/mol. The van der Waals surface area contributed by atoms with Gasteiger partial charge in [-0.1, -0.05) is 22.4 Å². The van der Waals surface area contributed by atoms with Crippen LogP contribution < -0.4 is 9.47 Å². The Morgan fingerprint density at radius 1 is 1.24 bits per heavy atom. The highest BCUT2D eigenvalue weighted by Gasteiger charge is 2.16. The van der Waals surface area contributed by atoms with E-state index in [-0.39, 0.29) is 0 Å². The number of hydrogen-bond acceptors (Lipinski definition) is 2. The Bertz CT molecular complexity index is 359. The van der Waals surface area contributed by atoms with Crippen LogP contribution in [0, 0.1) is 0 Å². The summed E-state index contributed by atoms with van der Waals surface area (Å²) < 4.78 is 11.3. The Hall–Kier alpha value is -0.700. The molecule has 0 aliphatic heterocycles. The molecule has 0 heterocycles. The molecule has 1 fully saturated rings. The second-order valence-electron chi connectivity index (χ2n) is 4.49. The number of benzene rings is 1. The van der Waals surface area contributed by atoms with Crippen molar-refractivity contribution in [1.82, 2.24) is 0 Å². The molecule has 0 aromatic heterocycles. The van der Waals surface area contributed by atoms with Crippen molar-refractivity contribution in [3.8, 4) is 11.5 Å². The van der Waals surface area contributed by atoms with Crippen molar-refractivity contribution in [2.45, 2.75) is 43.5 Å². The van der Waals surface area contributed by atoms with Crippen LogP contribution in [0.15, 0.2) is 18.2 Å². The zero-order chi connectivity index (χ0) is 12.1. The van der Waals surface area contributed by atoms with E-state index >= 15 is 0 Å². The molecule has 0 amide bonds. The predicted molar refractivity (Wildman–Crippen MR) is 73.1 cm³/mol. The molecule has 3 heteroatoms. The summed E-state index contributed by atoms with van der Waals surface area (Å²) in [6.07, 6.45) is 6.72. The Morgan fingerprint density at radius 3 is 2.65 bits per heavy atom. The number of halogens is 1. The first kappa shape index (κ1) is 12.7. The lowest BCUT2D eigenvalue weighted by atomic mass is 9.98. The highest BCUT2D eigenvalue weighted by molar-refractivity contribution is 9.08. The Balaban J connectivity index is 2.08. The predicted octanol–water partition coefficient (Wildman–Crippen LogP) is 4.30.